The Morgan fingerprint density at radius 2 is 1.72 bits per heavy atom. The topological polar surface area (TPSA) is 20.3 Å². The number of halogens is 1. The molecule has 0 atom stereocenters. The Hall–Kier alpha value is -1.38. The van der Waals surface area contributed by atoms with E-state index in [0.29, 0.717) is 6.42 Å². The van der Waals surface area contributed by atoms with Crippen molar-refractivity contribution in [3.63, 3.8) is 0 Å². The first-order valence-corrected chi connectivity index (χ1v) is 6.69. The average Bonchev–Trinajstić information content (AvgIpc) is 2.38. The number of hydrogen-bond donors (Lipinski definition) is 0. The van der Waals surface area contributed by atoms with Gasteiger partial charge in [-0.25, -0.2) is 4.39 Å². The van der Waals surface area contributed by atoms with Gasteiger partial charge in [-0.2, -0.15) is 0 Å². The van der Waals surface area contributed by atoms with E-state index < -0.39 is 0 Å². The predicted molar refractivity (Wildman–Crippen MR) is 71.9 cm³/mol. The van der Waals surface area contributed by atoms with E-state index in [1.54, 1.807) is 0 Å². The van der Waals surface area contributed by atoms with Crippen LogP contribution in [0.15, 0.2) is 24.3 Å². The molecule has 0 bridgehead atoms. The summed E-state index contributed by atoms with van der Waals surface area (Å²) in [5, 5.41) is 0. The highest BCUT2D eigenvalue weighted by Crippen LogP contribution is 2.09. The molecule has 0 saturated carbocycles. The zero-order chi connectivity index (χ0) is 13.4. The fourth-order valence-electron chi connectivity index (χ4n) is 1.99. The number of unbranched alkanes of at least 4 members (excludes halogenated alkanes) is 1. The fraction of sp³-hybridized carbons (Fsp3) is 0.533. The second-order valence-corrected chi connectivity index (χ2v) is 4.40. The van der Waals surface area contributed by atoms with Crippen LogP contribution in [-0.2, 0) is 11.2 Å². The number of hydrogen-bond acceptors (Lipinski definition) is 1. The molecule has 18 heavy (non-hydrogen) atoms. The molecule has 0 spiro atoms. The number of rotatable bonds is 7. The first-order valence-electron chi connectivity index (χ1n) is 6.69. The van der Waals surface area contributed by atoms with E-state index in [0.717, 1.165) is 37.9 Å². The van der Waals surface area contributed by atoms with Crippen LogP contribution in [0.1, 0.15) is 38.7 Å². The van der Waals surface area contributed by atoms with Crippen molar-refractivity contribution in [3.05, 3.63) is 35.6 Å². The zero-order valence-corrected chi connectivity index (χ0v) is 11.3. The smallest absolute Gasteiger partial charge is 0.222 e. The van der Waals surface area contributed by atoms with Crippen LogP contribution in [0.5, 0.6) is 0 Å². The monoisotopic (exact) mass is 251 g/mol. The van der Waals surface area contributed by atoms with Gasteiger partial charge in [-0.3, -0.25) is 4.79 Å². The largest absolute Gasteiger partial charge is 0.343 e. The molecule has 0 saturated heterocycles. The van der Waals surface area contributed by atoms with E-state index in [4.69, 9.17) is 0 Å². The second kappa shape index (κ2) is 7.85. The molecule has 0 radical (unpaired) electrons. The van der Waals surface area contributed by atoms with Gasteiger partial charge in [0.2, 0.25) is 5.91 Å². The number of carbonyl (C=O) groups excluding carboxylic acids is 1. The molecule has 0 heterocycles. The number of carbonyl (C=O) groups is 1. The summed E-state index contributed by atoms with van der Waals surface area (Å²) >= 11 is 0. The number of amides is 1. The summed E-state index contributed by atoms with van der Waals surface area (Å²) in [4.78, 5) is 13.6. The first-order chi connectivity index (χ1) is 8.67. The van der Waals surface area contributed by atoms with Gasteiger partial charge in [-0.1, -0.05) is 12.1 Å². The van der Waals surface area contributed by atoms with Crippen molar-refractivity contribution >= 4 is 5.91 Å². The molecule has 0 N–H and O–H groups in total. The average molecular weight is 251 g/mol. The lowest BCUT2D eigenvalue weighted by Gasteiger charge is -2.18. The second-order valence-electron chi connectivity index (χ2n) is 4.40. The van der Waals surface area contributed by atoms with Crippen molar-refractivity contribution in [3.8, 4) is 0 Å². The highest BCUT2D eigenvalue weighted by Gasteiger charge is 2.08. The van der Waals surface area contributed by atoms with Crippen LogP contribution >= 0.6 is 0 Å². The lowest BCUT2D eigenvalue weighted by atomic mass is 10.1. The molecule has 0 aliphatic carbocycles. The van der Waals surface area contributed by atoms with Crippen LogP contribution in [0.25, 0.3) is 0 Å². The fourth-order valence-corrected chi connectivity index (χ4v) is 1.99. The summed E-state index contributed by atoms with van der Waals surface area (Å²) in [7, 11) is 0. The predicted octanol–water partition coefficient (Wildman–Crippen LogP) is 3.41. The van der Waals surface area contributed by atoms with Crippen molar-refractivity contribution < 1.29 is 9.18 Å². The molecular formula is C15H22FNO. The molecule has 2 nitrogen and oxygen atoms in total. The van der Waals surface area contributed by atoms with E-state index >= 15 is 0 Å². The molecule has 0 fully saturated rings. The third kappa shape index (κ3) is 4.86. The summed E-state index contributed by atoms with van der Waals surface area (Å²) in [6.45, 7) is 5.57. The molecule has 1 rings (SSSR count). The summed E-state index contributed by atoms with van der Waals surface area (Å²) < 4.78 is 12.7. The molecule has 0 unspecified atom stereocenters. The third-order valence-corrected chi connectivity index (χ3v) is 3.14. The van der Waals surface area contributed by atoms with E-state index in [-0.39, 0.29) is 11.7 Å². The van der Waals surface area contributed by atoms with Gasteiger partial charge in [0.25, 0.3) is 0 Å². The summed E-state index contributed by atoms with van der Waals surface area (Å²) in [5.74, 6) is 0.0366. The number of benzene rings is 1. The Balaban J connectivity index is 2.22. The minimum absolute atomic E-state index is 0.199. The normalized spacial score (nSPS) is 10.4. The summed E-state index contributed by atoms with van der Waals surface area (Å²) in [6, 6.07) is 6.58. The molecule has 3 heteroatoms. The Kier molecular flexibility index (Phi) is 6.40. The quantitative estimate of drug-likeness (QED) is 0.680. The van der Waals surface area contributed by atoms with Gasteiger partial charge in [0.15, 0.2) is 0 Å². The lowest BCUT2D eigenvalue weighted by Crippen LogP contribution is -2.30. The molecule has 0 aliphatic heterocycles. The van der Waals surface area contributed by atoms with Crippen LogP contribution in [-0.4, -0.2) is 23.9 Å². The van der Waals surface area contributed by atoms with Gasteiger partial charge in [-0.15, -0.1) is 0 Å². The Morgan fingerprint density at radius 3 is 2.28 bits per heavy atom. The van der Waals surface area contributed by atoms with Gasteiger partial charge in [0.1, 0.15) is 5.82 Å². The number of nitrogens with zero attached hydrogens (tertiary/aromatic N) is 1. The molecule has 1 aromatic rings. The van der Waals surface area contributed by atoms with E-state index in [9.17, 15) is 9.18 Å². The minimum Gasteiger partial charge on any atom is -0.343 e. The molecule has 100 valence electrons. The van der Waals surface area contributed by atoms with Crippen LogP contribution in [0.4, 0.5) is 4.39 Å². The highest BCUT2D eigenvalue weighted by atomic mass is 19.1. The van der Waals surface area contributed by atoms with Crippen molar-refractivity contribution in [2.75, 3.05) is 13.1 Å². The van der Waals surface area contributed by atoms with Crippen molar-refractivity contribution in [1.82, 2.24) is 4.90 Å². The highest BCUT2D eigenvalue weighted by molar-refractivity contribution is 5.76. The maximum absolute atomic E-state index is 12.7. The molecule has 0 aliphatic rings. The van der Waals surface area contributed by atoms with Gasteiger partial charge >= 0.3 is 0 Å². The van der Waals surface area contributed by atoms with Gasteiger partial charge < -0.3 is 4.90 Å². The maximum Gasteiger partial charge on any atom is 0.222 e. The molecular weight excluding hydrogens is 229 g/mol. The van der Waals surface area contributed by atoms with Crippen molar-refractivity contribution in [1.29, 1.82) is 0 Å². The minimum atomic E-state index is -0.199. The van der Waals surface area contributed by atoms with E-state index in [2.05, 4.69) is 0 Å². The summed E-state index contributed by atoms with van der Waals surface area (Å²) in [6.07, 6.45) is 3.39. The Bertz CT molecular complexity index is 357. The van der Waals surface area contributed by atoms with Gasteiger partial charge in [-0.05, 0) is 50.8 Å². The standard InChI is InChI=1S/C15H22FNO/c1-3-17(4-2)15(18)8-6-5-7-13-9-11-14(16)12-10-13/h9-12H,3-8H2,1-2H3. The van der Waals surface area contributed by atoms with Crippen molar-refractivity contribution in [2.45, 2.75) is 39.5 Å². The Labute approximate surface area is 109 Å². The SMILES string of the molecule is CCN(CC)C(=O)CCCCc1ccc(F)cc1. The maximum atomic E-state index is 12.7. The lowest BCUT2D eigenvalue weighted by molar-refractivity contribution is -0.130. The van der Waals surface area contributed by atoms with E-state index in [1.165, 1.54) is 12.1 Å². The van der Waals surface area contributed by atoms with E-state index in [1.807, 2.05) is 30.9 Å². The third-order valence-electron chi connectivity index (χ3n) is 3.14. The molecule has 1 amide bonds. The van der Waals surface area contributed by atoms with Gasteiger partial charge in [0, 0.05) is 19.5 Å². The molecule has 0 aromatic heterocycles. The first kappa shape index (κ1) is 14.7. The summed E-state index contributed by atoms with van der Waals surface area (Å²) in [5.41, 5.74) is 1.13. The Morgan fingerprint density at radius 1 is 1.11 bits per heavy atom. The van der Waals surface area contributed by atoms with Crippen LogP contribution in [0.3, 0.4) is 0 Å². The zero-order valence-electron chi connectivity index (χ0n) is 11.3. The van der Waals surface area contributed by atoms with Crippen LogP contribution in [0, 0.1) is 5.82 Å². The van der Waals surface area contributed by atoms with Crippen LogP contribution < -0.4 is 0 Å². The molecule has 1 aromatic carbocycles. The van der Waals surface area contributed by atoms with Crippen LogP contribution in [0.2, 0.25) is 0 Å². The van der Waals surface area contributed by atoms with Crippen molar-refractivity contribution in [2.24, 2.45) is 0 Å². The number of aryl methyl sites for hydroxylation is 1. The van der Waals surface area contributed by atoms with Gasteiger partial charge in [0.05, 0.1) is 0 Å².